The first kappa shape index (κ1) is 14.1. The molecule has 1 atom stereocenters. The van der Waals surface area contributed by atoms with Crippen molar-refractivity contribution < 1.29 is 13.2 Å². The van der Waals surface area contributed by atoms with Crippen molar-refractivity contribution >= 4 is 33.2 Å². The molecule has 1 aromatic rings. The predicted octanol–water partition coefficient (Wildman–Crippen LogP) is 0.694. The van der Waals surface area contributed by atoms with Crippen LogP contribution in [-0.2, 0) is 9.84 Å². The third kappa shape index (κ3) is 3.36. The van der Waals surface area contributed by atoms with Gasteiger partial charge in [0.1, 0.15) is 5.82 Å². The van der Waals surface area contributed by atoms with Crippen molar-refractivity contribution in [3.8, 4) is 0 Å². The van der Waals surface area contributed by atoms with E-state index in [2.05, 4.69) is 15.6 Å². The number of hydrogen-bond acceptors (Lipinski definition) is 5. The van der Waals surface area contributed by atoms with E-state index in [1.165, 1.54) is 12.3 Å². The molecule has 8 heteroatoms. The van der Waals surface area contributed by atoms with Crippen molar-refractivity contribution in [2.45, 2.75) is 12.5 Å². The molecular formula is C11H14ClN3O3S. The van der Waals surface area contributed by atoms with Gasteiger partial charge in [-0.25, -0.2) is 13.4 Å². The van der Waals surface area contributed by atoms with Gasteiger partial charge in [-0.2, -0.15) is 0 Å². The fourth-order valence-electron chi connectivity index (χ4n) is 1.92. The maximum atomic E-state index is 11.9. The fourth-order valence-corrected chi connectivity index (χ4v) is 3.86. The Kier molecular flexibility index (Phi) is 3.96. The van der Waals surface area contributed by atoms with E-state index in [0.29, 0.717) is 22.8 Å². The van der Waals surface area contributed by atoms with Crippen LogP contribution in [0.3, 0.4) is 0 Å². The van der Waals surface area contributed by atoms with E-state index in [9.17, 15) is 13.2 Å². The summed E-state index contributed by atoms with van der Waals surface area (Å²) in [5, 5.41) is 5.81. The Labute approximate surface area is 116 Å². The van der Waals surface area contributed by atoms with Crippen molar-refractivity contribution in [1.29, 1.82) is 0 Å². The van der Waals surface area contributed by atoms with Gasteiger partial charge in [0.25, 0.3) is 5.91 Å². The van der Waals surface area contributed by atoms with Crippen LogP contribution >= 0.6 is 11.6 Å². The number of sulfone groups is 1. The Morgan fingerprint density at radius 3 is 2.79 bits per heavy atom. The van der Waals surface area contributed by atoms with Crippen LogP contribution in [0.5, 0.6) is 0 Å². The van der Waals surface area contributed by atoms with Gasteiger partial charge in [-0.05, 0) is 12.5 Å². The summed E-state index contributed by atoms with van der Waals surface area (Å²) >= 11 is 5.93. The van der Waals surface area contributed by atoms with Gasteiger partial charge in [-0.15, -0.1) is 0 Å². The molecule has 6 nitrogen and oxygen atoms in total. The van der Waals surface area contributed by atoms with Crippen molar-refractivity contribution in [3.63, 3.8) is 0 Å². The second-order valence-corrected chi connectivity index (χ2v) is 7.01. The summed E-state index contributed by atoms with van der Waals surface area (Å²) in [5.41, 5.74) is 0.313. The van der Waals surface area contributed by atoms with Crippen molar-refractivity contribution in [1.82, 2.24) is 10.3 Å². The highest BCUT2D eigenvalue weighted by atomic mass is 35.5. The van der Waals surface area contributed by atoms with E-state index in [1.807, 2.05) is 0 Å². The Balaban J connectivity index is 2.06. The van der Waals surface area contributed by atoms with Crippen LogP contribution in [0.4, 0.5) is 5.82 Å². The van der Waals surface area contributed by atoms with Crippen LogP contribution in [-0.4, -0.2) is 43.9 Å². The van der Waals surface area contributed by atoms with E-state index < -0.39 is 9.84 Å². The van der Waals surface area contributed by atoms with Crippen molar-refractivity contribution in [2.75, 3.05) is 23.9 Å². The van der Waals surface area contributed by atoms with Gasteiger partial charge in [0.05, 0.1) is 22.1 Å². The first-order chi connectivity index (χ1) is 8.91. The highest BCUT2D eigenvalue weighted by molar-refractivity contribution is 7.91. The van der Waals surface area contributed by atoms with Crippen molar-refractivity contribution in [3.05, 3.63) is 22.8 Å². The first-order valence-electron chi connectivity index (χ1n) is 5.76. The number of carbonyl (C=O) groups excluding carboxylic acids is 1. The molecule has 1 aliphatic rings. The van der Waals surface area contributed by atoms with Crippen molar-refractivity contribution in [2.24, 2.45) is 0 Å². The molecule has 1 unspecified atom stereocenters. The molecular weight excluding hydrogens is 290 g/mol. The van der Waals surface area contributed by atoms with Crippen LogP contribution in [0, 0.1) is 0 Å². The minimum absolute atomic E-state index is 0.00546. The molecule has 0 spiro atoms. The summed E-state index contributed by atoms with van der Waals surface area (Å²) < 4.78 is 22.6. The van der Waals surface area contributed by atoms with E-state index in [-0.39, 0.29) is 23.5 Å². The monoisotopic (exact) mass is 303 g/mol. The second-order valence-electron chi connectivity index (χ2n) is 4.38. The smallest absolute Gasteiger partial charge is 0.253 e. The molecule has 1 saturated heterocycles. The largest absolute Gasteiger partial charge is 0.372 e. The summed E-state index contributed by atoms with van der Waals surface area (Å²) in [6.45, 7) is 0. The van der Waals surface area contributed by atoms with Crippen LogP contribution < -0.4 is 10.6 Å². The molecule has 0 aromatic carbocycles. The van der Waals surface area contributed by atoms with Gasteiger partial charge in [0.15, 0.2) is 9.84 Å². The lowest BCUT2D eigenvalue weighted by atomic mass is 10.2. The van der Waals surface area contributed by atoms with Gasteiger partial charge in [-0.1, -0.05) is 11.6 Å². The Bertz CT molecular complexity index is 603. The molecule has 0 radical (unpaired) electrons. The maximum absolute atomic E-state index is 11.9. The summed E-state index contributed by atoms with van der Waals surface area (Å²) in [6, 6.07) is 1.17. The number of pyridine rings is 1. The van der Waals surface area contributed by atoms with E-state index in [4.69, 9.17) is 11.6 Å². The predicted molar refractivity (Wildman–Crippen MR) is 73.3 cm³/mol. The maximum Gasteiger partial charge on any atom is 0.253 e. The van der Waals surface area contributed by atoms with Crippen LogP contribution in [0.2, 0.25) is 5.02 Å². The average Bonchev–Trinajstić information content (AvgIpc) is 2.68. The van der Waals surface area contributed by atoms with Crippen LogP contribution in [0.1, 0.15) is 16.8 Å². The van der Waals surface area contributed by atoms with E-state index in [0.717, 1.165) is 0 Å². The van der Waals surface area contributed by atoms with Crippen LogP contribution in [0.15, 0.2) is 12.3 Å². The number of nitrogens with zero attached hydrogens (tertiary/aromatic N) is 1. The second kappa shape index (κ2) is 5.34. The van der Waals surface area contributed by atoms with Gasteiger partial charge >= 0.3 is 0 Å². The topological polar surface area (TPSA) is 88.2 Å². The Hall–Kier alpha value is -1.34. The van der Waals surface area contributed by atoms with Gasteiger partial charge in [0, 0.05) is 19.3 Å². The standard InChI is InChI=1S/C11H14ClN3O3S/c1-13-10-9(12)4-7(5-14-10)11(16)15-8-2-3-19(17,18)6-8/h4-5,8H,2-3,6H2,1H3,(H,13,14)(H,15,16). The number of nitrogens with one attached hydrogen (secondary N) is 2. The lowest BCUT2D eigenvalue weighted by molar-refractivity contribution is 0.0941. The summed E-state index contributed by atoms with van der Waals surface area (Å²) in [6.07, 6.45) is 1.85. The zero-order chi connectivity index (χ0) is 14.0. The fraction of sp³-hybridized carbons (Fsp3) is 0.455. The molecule has 19 heavy (non-hydrogen) atoms. The molecule has 0 aliphatic carbocycles. The minimum atomic E-state index is -3.01. The minimum Gasteiger partial charge on any atom is -0.372 e. The number of rotatable bonds is 3. The molecule has 1 aliphatic heterocycles. The Morgan fingerprint density at radius 1 is 1.53 bits per heavy atom. The first-order valence-corrected chi connectivity index (χ1v) is 7.96. The van der Waals surface area contributed by atoms with E-state index >= 15 is 0 Å². The summed E-state index contributed by atoms with van der Waals surface area (Å²) in [7, 11) is -1.33. The molecule has 2 rings (SSSR count). The third-order valence-electron chi connectivity index (χ3n) is 2.91. The number of hydrogen-bond donors (Lipinski definition) is 2. The molecule has 0 saturated carbocycles. The molecule has 1 aromatic heterocycles. The zero-order valence-corrected chi connectivity index (χ0v) is 11.9. The molecule has 0 bridgehead atoms. The highest BCUT2D eigenvalue weighted by Crippen LogP contribution is 2.20. The summed E-state index contributed by atoms with van der Waals surface area (Å²) in [4.78, 5) is 15.9. The lowest BCUT2D eigenvalue weighted by Gasteiger charge is -2.11. The SMILES string of the molecule is CNc1ncc(C(=O)NC2CCS(=O)(=O)C2)cc1Cl. The lowest BCUT2D eigenvalue weighted by Crippen LogP contribution is -2.35. The number of amides is 1. The number of halogens is 1. The van der Waals surface area contributed by atoms with Crippen LogP contribution in [0.25, 0.3) is 0 Å². The number of anilines is 1. The highest BCUT2D eigenvalue weighted by Gasteiger charge is 2.29. The van der Waals surface area contributed by atoms with E-state index in [1.54, 1.807) is 7.05 Å². The average molecular weight is 304 g/mol. The normalized spacial score (nSPS) is 21.1. The molecule has 2 N–H and O–H groups in total. The third-order valence-corrected chi connectivity index (χ3v) is 4.96. The number of carbonyl (C=O) groups is 1. The zero-order valence-electron chi connectivity index (χ0n) is 10.3. The molecule has 2 heterocycles. The van der Waals surface area contributed by atoms with Gasteiger partial charge in [-0.3, -0.25) is 4.79 Å². The molecule has 1 amide bonds. The quantitative estimate of drug-likeness (QED) is 0.858. The Morgan fingerprint density at radius 2 is 2.26 bits per heavy atom. The van der Waals surface area contributed by atoms with Gasteiger partial charge < -0.3 is 10.6 Å². The molecule has 104 valence electrons. The molecule has 1 fully saturated rings. The number of aromatic nitrogens is 1. The van der Waals surface area contributed by atoms with Gasteiger partial charge in [0.2, 0.25) is 0 Å². The summed E-state index contributed by atoms with van der Waals surface area (Å²) in [5.74, 6) is 0.241.